The largest absolute Gasteiger partial charge is 0.453 e. The number of rotatable bonds is 11. The van der Waals surface area contributed by atoms with Gasteiger partial charge < -0.3 is 19.7 Å². The summed E-state index contributed by atoms with van der Waals surface area (Å²) in [6, 6.07) is 12.1. The van der Waals surface area contributed by atoms with Crippen molar-refractivity contribution in [2.45, 2.75) is 62.2 Å². The molecule has 3 atom stereocenters. The van der Waals surface area contributed by atoms with Crippen molar-refractivity contribution in [2.24, 2.45) is 11.8 Å². The van der Waals surface area contributed by atoms with Crippen LogP contribution in [0.3, 0.4) is 0 Å². The molecule has 1 aliphatic carbocycles. The molecule has 9 nitrogen and oxygen atoms in total. The van der Waals surface area contributed by atoms with Gasteiger partial charge in [0, 0.05) is 44.2 Å². The van der Waals surface area contributed by atoms with Crippen molar-refractivity contribution in [1.82, 2.24) is 20.0 Å². The van der Waals surface area contributed by atoms with E-state index in [1.54, 1.807) is 23.1 Å². The van der Waals surface area contributed by atoms with Crippen LogP contribution in [-0.4, -0.2) is 118 Å². The van der Waals surface area contributed by atoms with Crippen molar-refractivity contribution in [3.63, 3.8) is 0 Å². The van der Waals surface area contributed by atoms with E-state index in [0.717, 1.165) is 82.4 Å². The summed E-state index contributed by atoms with van der Waals surface area (Å²) in [7, 11) is 1.38. The van der Waals surface area contributed by atoms with Crippen molar-refractivity contribution in [1.29, 1.82) is 5.26 Å². The van der Waals surface area contributed by atoms with Gasteiger partial charge in [-0.15, -0.1) is 0 Å². The van der Waals surface area contributed by atoms with Crippen molar-refractivity contribution in [3.05, 3.63) is 64.7 Å². The van der Waals surface area contributed by atoms with E-state index in [9.17, 15) is 10.1 Å². The first kappa shape index (κ1) is 36.0. The van der Waals surface area contributed by atoms with Crippen LogP contribution in [0.25, 0.3) is 0 Å². The Kier molecular flexibility index (Phi) is 10.8. The average molecular weight is 709 g/mol. The summed E-state index contributed by atoms with van der Waals surface area (Å²) < 4.78 is 57.3. The lowest BCUT2D eigenvalue weighted by atomic mass is 9.58. The molecule has 4 saturated heterocycles. The van der Waals surface area contributed by atoms with Gasteiger partial charge in [0.1, 0.15) is 11.6 Å². The van der Waals surface area contributed by atoms with E-state index in [0.29, 0.717) is 44.1 Å². The second-order valence-electron chi connectivity index (χ2n) is 15.5. The summed E-state index contributed by atoms with van der Waals surface area (Å²) in [6.45, 7) is 8.00. The number of nitrogens with one attached hydrogen (secondary N) is 1. The zero-order valence-electron chi connectivity index (χ0n) is 29.7. The highest BCUT2D eigenvalue weighted by atomic mass is 19.1. The lowest BCUT2D eigenvalue weighted by Crippen LogP contribution is -2.65. The smallest absolute Gasteiger partial charge is 0.407 e. The second kappa shape index (κ2) is 15.3. The van der Waals surface area contributed by atoms with Gasteiger partial charge >= 0.3 is 6.09 Å². The topological polar surface area (TPSA) is 84.3 Å². The maximum atomic E-state index is 16.3. The summed E-state index contributed by atoms with van der Waals surface area (Å²) >= 11 is 0. The molecule has 0 aromatic heterocycles. The van der Waals surface area contributed by atoms with E-state index >= 15 is 13.2 Å². The van der Waals surface area contributed by atoms with Crippen molar-refractivity contribution >= 4 is 11.8 Å². The quantitative estimate of drug-likeness (QED) is 0.347. The molecular weight excluding hydrogens is 657 g/mol. The molecule has 1 saturated carbocycles. The molecule has 4 aliphatic heterocycles. The molecule has 5 fully saturated rings. The number of morpholine rings is 1. The average Bonchev–Trinajstić information content (AvgIpc) is 3.57. The Morgan fingerprint density at radius 3 is 2.43 bits per heavy atom. The number of benzene rings is 2. The van der Waals surface area contributed by atoms with Gasteiger partial charge in [0.25, 0.3) is 0 Å². The number of alkyl halides is 1. The minimum Gasteiger partial charge on any atom is -0.453 e. The lowest BCUT2D eigenvalue weighted by Gasteiger charge is -2.53. The number of halogens is 3. The maximum Gasteiger partial charge on any atom is 0.407 e. The molecule has 1 amide bonds. The van der Waals surface area contributed by atoms with Crippen LogP contribution >= 0.6 is 0 Å². The van der Waals surface area contributed by atoms with Gasteiger partial charge in [0.05, 0.1) is 50.7 Å². The lowest BCUT2D eigenvalue weighted by molar-refractivity contribution is -0.0124. The molecule has 0 radical (unpaired) electrons. The number of hydrogen-bond donors (Lipinski definition) is 1. The second-order valence-corrected chi connectivity index (χ2v) is 15.5. The van der Waals surface area contributed by atoms with E-state index in [-0.39, 0.29) is 43.3 Å². The first-order chi connectivity index (χ1) is 24.7. The van der Waals surface area contributed by atoms with Gasteiger partial charge in [-0.25, -0.2) is 18.0 Å². The monoisotopic (exact) mass is 708 g/mol. The van der Waals surface area contributed by atoms with Gasteiger partial charge in [-0.2, -0.15) is 5.26 Å². The summed E-state index contributed by atoms with van der Waals surface area (Å²) in [5.41, 5.74) is 0.536. The number of hydrogen-bond acceptors (Lipinski definition) is 8. The van der Waals surface area contributed by atoms with E-state index in [2.05, 4.69) is 32.2 Å². The Balaban J connectivity index is 1.08. The Hall–Kier alpha value is -3.37. The van der Waals surface area contributed by atoms with Gasteiger partial charge in [0.15, 0.2) is 5.67 Å². The van der Waals surface area contributed by atoms with E-state index in [4.69, 9.17) is 9.47 Å². The van der Waals surface area contributed by atoms with Crippen molar-refractivity contribution < 1.29 is 27.4 Å². The van der Waals surface area contributed by atoms with Gasteiger partial charge in [0.2, 0.25) is 0 Å². The number of piperidine rings is 1. The molecule has 2 aromatic carbocycles. The normalized spacial score (nSPS) is 25.7. The molecule has 0 bridgehead atoms. The highest BCUT2D eigenvalue weighted by Gasteiger charge is 2.53. The molecule has 1 unspecified atom stereocenters. The summed E-state index contributed by atoms with van der Waals surface area (Å²) in [4.78, 5) is 21.2. The standard InChI is InChI=1S/C39H51F3N6O3/c1-50-37(49)44-35-8-3-7-33(35)39(27-47-15-17-51-18-16-47,31-5-2-6-32(40)21-31)30-9-13-46(14-10-30)24-38(42)25-48(26-38)36-20-29(23-45-11-4-12-45)28(22-43)19-34(36)41/h2,5-6,19-21,30,33,35H,3-4,7-18,23-27H2,1H3,(H,44,49)/t33-,35-,39?/m0/s1. The number of ether oxygens (including phenoxy) is 2. The summed E-state index contributed by atoms with van der Waals surface area (Å²) in [5.74, 6) is -0.511. The van der Waals surface area contributed by atoms with Crippen molar-refractivity contribution in [3.8, 4) is 6.07 Å². The molecule has 1 N–H and O–H groups in total. The molecule has 4 heterocycles. The van der Waals surface area contributed by atoms with Crippen LogP contribution in [0.15, 0.2) is 36.4 Å². The molecular formula is C39H51F3N6O3. The number of nitrogens with zero attached hydrogens (tertiary/aromatic N) is 5. The van der Waals surface area contributed by atoms with Crippen molar-refractivity contribution in [2.75, 3.05) is 90.7 Å². The minimum absolute atomic E-state index is 0.0683. The van der Waals surface area contributed by atoms with Crippen LogP contribution in [0.1, 0.15) is 55.2 Å². The molecule has 5 aliphatic rings. The molecule has 276 valence electrons. The number of carbonyl (C=O) groups excluding carboxylic acids is 1. The fourth-order valence-electron chi connectivity index (χ4n) is 9.74. The first-order valence-electron chi connectivity index (χ1n) is 18.7. The van der Waals surface area contributed by atoms with Crippen LogP contribution in [0.4, 0.5) is 23.7 Å². The van der Waals surface area contributed by atoms with E-state index in [1.165, 1.54) is 19.2 Å². The Morgan fingerprint density at radius 1 is 1.00 bits per heavy atom. The maximum absolute atomic E-state index is 16.3. The third-order valence-electron chi connectivity index (χ3n) is 12.4. The Bertz CT molecular complexity index is 1580. The van der Waals surface area contributed by atoms with Gasteiger partial charge in [-0.1, -0.05) is 18.6 Å². The zero-order chi connectivity index (χ0) is 35.6. The number of amides is 1. The first-order valence-corrected chi connectivity index (χ1v) is 18.7. The molecule has 7 rings (SSSR count). The third-order valence-corrected chi connectivity index (χ3v) is 12.4. The van der Waals surface area contributed by atoms with Crippen LogP contribution in [0.5, 0.6) is 0 Å². The number of methoxy groups -OCH3 is 1. The number of likely N-dealkylation sites (tertiary alicyclic amines) is 2. The number of carbonyl (C=O) groups is 1. The van der Waals surface area contributed by atoms with E-state index in [1.807, 2.05) is 0 Å². The highest BCUT2D eigenvalue weighted by Crippen LogP contribution is 2.51. The van der Waals surface area contributed by atoms with E-state index < -0.39 is 23.0 Å². The van der Waals surface area contributed by atoms with Gasteiger partial charge in [-0.3, -0.25) is 14.7 Å². The predicted molar refractivity (Wildman–Crippen MR) is 188 cm³/mol. The molecule has 0 spiro atoms. The minimum atomic E-state index is -1.47. The predicted octanol–water partition coefficient (Wildman–Crippen LogP) is 5.08. The molecule has 12 heteroatoms. The Morgan fingerprint density at radius 2 is 1.76 bits per heavy atom. The number of anilines is 1. The van der Waals surface area contributed by atoms with Crippen LogP contribution in [-0.2, 0) is 21.4 Å². The summed E-state index contributed by atoms with van der Waals surface area (Å²) in [6.07, 6.45) is 5.00. The zero-order valence-corrected chi connectivity index (χ0v) is 29.7. The number of alkyl carbamates (subject to hydrolysis) is 1. The van der Waals surface area contributed by atoms with Gasteiger partial charge in [-0.05, 0) is 106 Å². The third kappa shape index (κ3) is 7.59. The van der Waals surface area contributed by atoms with Crippen LogP contribution in [0.2, 0.25) is 0 Å². The SMILES string of the molecule is COC(=O)N[C@H]1CCC[C@@H]1C(CN1CCOCC1)(c1cccc(F)c1)C1CCN(CC2(F)CN(c3cc(CN4CCC4)c(C#N)cc3F)C2)CC1. The van der Waals surface area contributed by atoms with Crippen LogP contribution in [0, 0.1) is 34.8 Å². The summed E-state index contributed by atoms with van der Waals surface area (Å²) in [5, 5.41) is 12.7. The highest BCUT2D eigenvalue weighted by molar-refractivity contribution is 5.67. The molecule has 51 heavy (non-hydrogen) atoms. The van der Waals surface area contributed by atoms with Crippen LogP contribution < -0.4 is 10.2 Å². The molecule has 2 aromatic rings. The Labute approximate surface area is 299 Å². The number of nitriles is 1. The fourth-order valence-corrected chi connectivity index (χ4v) is 9.74. The fraction of sp³-hybridized carbons (Fsp3) is 0.641.